The molecule has 1 unspecified atom stereocenters. The van der Waals surface area contributed by atoms with Crippen LogP contribution in [-0.2, 0) is 4.79 Å². The van der Waals surface area contributed by atoms with Gasteiger partial charge in [0.1, 0.15) is 5.15 Å². The molecule has 1 N–H and O–H groups in total. The van der Waals surface area contributed by atoms with Crippen molar-refractivity contribution in [3.05, 3.63) is 29.0 Å². The summed E-state index contributed by atoms with van der Waals surface area (Å²) in [6, 6.07) is 3.08. The van der Waals surface area contributed by atoms with Gasteiger partial charge in [0.15, 0.2) is 0 Å². The average molecular weight is 283 g/mol. The van der Waals surface area contributed by atoms with E-state index in [9.17, 15) is 14.7 Å². The van der Waals surface area contributed by atoms with Crippen LogP contribution in [0.4, 0.5) is 0 Å². The van der Waals surface area contributed by atoms with Crippen LogP contribution < -0.4 is 0 Å². The minimum atomic E-state index is -0.835. The van der Waals surface area contributed by atoms with Crippen molar-refractivity contribution in [1.29, 1.82) is 0 Å². The number of likely N-dealkylation sites (tertiary alicyclic amines) is 1. The molecule has 0 spiro atoms. The maximum absolute atomic E-state index is 12.3. The van der Waals surface area contributed by atoms with Crippen LogP contribution in [0.5, 0.6) is 0 Å². The Kier molecular flexibility index (Phi) is 3.75. The highest BCUT2D eigenvalue weighted by atomic mass is 35.5. The summed E-state index contributed by atoms with van der Waals surface area (Å²) in [5, 5.41) is 9.56. The average Bonchev–Trinajstić information content (AvgIpc) is 2.83. The second-order valence-electron chi connectivity index (χ2n) is 4.78. The first-order chi connectivity index (χ1) is 8.98. The first kappa shape index (κ1) is 13.8. The molecule has 1 amide bonds. The van der Waals surface area contributed by atoms with Gasteiger partial charge < -0.3 is 10.0 Å². The number of halogens is 1. The highest BCUT2D eigenvalue weighted by molar-refractivity contribution is 6.29. The van der Waals surface area contributed by atoms with Crippen LogP contribution in [0.25, 0.3) is 0 Å². The lowest BCUT2D eigenvalue weighted by atomic mass is 9.84. The van der Waals surface area contributed by atoms with Crippen molar-refractivity contribution < 1.29 is 14.7 Å². The molecule has 0 saturated carbocycles. The Labute approximate surface area is 116 Å². The van der Waals surface area contributed by atoms with Gasteiger partial charge in [0.05, 0.1) is 5.41 Å². The van der Waals surface area contributed by atoms with Crippen molar-refractivity contribution in [2.45, 2.75) is 19.8 Å². The molecular weight excluding hydrogens is 268 g/mol. The minimum absolute atomic E-state index is 0.194. The highest BCUT2D eigenvalue weighted by Crippen LogP contribution is 2.34. The lowest BCUT2D eigenvalue weighted by Crippen LogP contribution is -2.36. The number of carboxylic acids is 1. The van der Waals surface area contributed by atoms with E-state index < -0.39 is 11.4 Å². The molecule has 1 aromatic rings. The van der Waals surface area contributed by atoms with Crippen molar-refractivity contribution in [3.63, 3.8) is 0 Å². The summed E-state index contributed by atoms with van der Waals surface area (Å²) in [7, 11) is 0. The maximum atomic E-state index is 12.3. The Hall–Kier alpha value is -1.62. The fourth-order valence-corrected chi connectivity index (χ4v) is 2.55. The maximum Gasteiger partial charge on any atom is 0.311 e. The van der Waals surface area contributed by atoms with Gasteiger partial charge in [0.2, 0.25) is 0 Å². The summed E-state index contributed by atoms with van der Waals surface area (Å²) in [6.45, 7) is 2.54. The molecular formula is C13H15ClN2O3. The van der Waals surface area contributed by atoms with E-state index >= 15 is 0 Å². The van der Waals surface area contributed by atoms with Gasteiger partial charge >= 0.3 is 5.97 Å². The smallest absolute Gasteiger partial charge is 0.311 e. The van der Waals surface area contributed by atoms with Crippen molar-refractivity contribution >= 4 is 23.5 Å². The number of carboxylic acid groups (broad SMARTS) is 1. The fraction of sp³-hybridized carbons (Fsp3) is 0.462. The predicted octanol–water partition coefficient (Wildman–Crippen LogP) is 2.06. The van der Waals surface area contributed by atoms with Crippen LogP contribution in [-0.4, -0.2) is 40.0 Å². The van der Waals surface area contributed by atoms with Gasteiger partial charge in [-0.05, 0) is 25.0 Å². The SMILES string of the molecule is CCC1(C(=O)O)CCN(C(=O)c2ccnc(Cl)c2)C1. The van der Waals surface area contributed by atoms with Gasteiger partial charge in [-0.1, -0.05) is 18.5 Å². The van der Waals surface area contributed by atoms with Crippen LogP contribution in [0.1, 0.15) is 30.1 Å². The Morgan fingerprint density at radius 3 is 2.84 bits per heavy atom. The molecule has 1 aliphatic rings. The van der Waals surface area contributed by atoms with Gasteiger partial charge in [0.25, 0.3) is 5.91 Å². The summed E-state index contributed by atoms with van der Waals surface area (Å²) in [5.41, 5.74) is -0.371. The molecule has 1 aromatic heterocycles. The molecule has 6 heteroatoms. The molecule has 1 fully saturated rings. The molecule has 2 heterocycles. The van der Waals surface area contributed by atoms with Crippen molar-refractivity contribution in [1.82, 2.24) is 9.88 Å². The monoisotopic (exact) mass is 282 g/mol. The van der Waals surface area contributed by atoms with Gasteiger partial charge in [-0.2, -0.15) is 0 Å². The van der Waals surface area contributed by atoms with E-state index in [1.807, 2.05) is 6.92 Å². The Morgan fingerprint density at radius 2 is 2.32 bits per heavy atom. The first-order valence-electron chi connectivity index (χ1n) is 6.13. The molecule has 0 radical (unpaired) electrons. The molecule has 0 aliphatic carbocycles. The second-order valence-corrected chi connectivity index (χ2v) is 5.17. The molecule has 2 rings (SSSR count). The standard InChI is InChI=1S/C13H15ClN2O3/c1-2-13(12(18)19)4-6-16(8-13)11(17)9-3-5-15-10(14)7-9/h3,5,7H,2,4,6,8H2,1H3,(H,18,19). The third-order valence-corrected chi connectivity index (χ3v) is 3.95. The first-order valence-corrected chi connectivity index (χ1v) is 6.50. The molecule has 1 saturated heterocycles. The topological polar surface area (TPSA) is 70.5 Å². The molecule has 1 aliphatic heterocycles. The van der Waals surface area contributed by atoms with Crippen LogP contribution in [0.3, 0.4) is 0 Å². The van der Waals surface area contributed by atoms with Crippen LogP contribution >= 0.6 is 11.6 Å². The molecule has 19 heavy (non-hydrogen) atoms. The van der Waals surface area contributed by atoms with Gasteiger partial charge in [0, 0.05) is 24.8 Å². The van der Waals surface area contributed by atoms with Crippen LogP contribution in [0, 0.1) is 5.41 Å². The zero-order valence-electron chi connectivity index (χ0n) is 10.6. The normalized spacial score (nSPS) is 22.5. The number of nitrogens with zero attached hydrogens (tertiary/aromatic N) is 2. The molecule has 1 atom stereocenters. The fourth-order valence-electron chi connectivity index (χ4n) is 2.38. The highest BCUT2D eigenvalue weighted by Gasteiger charge is 2.44. The number of carbonyl (C=O) groups is 2. The van der Waals surface area contributed by atoms with Crippen molar-refractivity contribution in [2.75, 3.05) is 13.1 Å². The van der Waals surface area contributed by atoms with Crippen LogP contribution in [0.15, 0.2) is 18.3 Å². The number of hydrogen-bond donors (Lipinski definition) is 1. The van der Waals surface area contributed by atoms with E-state index in [1.165, 1.54) is 12.3 Å². The summed E-state index contributed by atoms with van der Waals surface area (Å²) in [6.07, 6.45) is 2.47. The largest absolute Gasteiger partial charge is 0.481 e. The van der Waals surface area contributed by atoms with E-state index in [0.717, 1.165) is 0 Å². The quantitative estimate of drug-likeness (QED) is 0.862. The number of amides is 1. The van der Waals surface area contributed by atoms with E-state index in [4.69, 9.17) is 11.6 Å². The molecule has 0 bridgehead atoms. The van der Waals surface area contributed by atoms with E-state index in [1.54, 1.807) is 11.0 Å². The summed E-state index contributed by atoms with van der Waals surface area (Å²) < 4.78 is 0. The number of rotatable bonds is 3. The van der Waals surface area contributed by atoms with E-state index in [-0.39, 0.29) is 17.6 Å². The molecule has 102 valence electrons. The second kappa shape index (κ2) is 5.17. The van der Waals surface area contributed by atoms with Gasteiger partial charge in [-0.25, -0.2) is 4.98 Å². The van der Waals surface area contributed by atoms with Crippen molar-refractivity contribution in [2.24, 2.45) is 5.41 Å². The lowest BCUT2D eigenvalue weighted by molar-refractivity contribution is -0.148. The zero-order valence-corrected chi connectivity index (χ0v) is 11.4. The summed E-state index contributed by atoms with van der Waals surface area (Å²) >= 11 is 5.75. The predicted molar refractivity (Wildman–Crippen MR) is 70.1 cm³/mol. The van der Waals surface area contributed by atoms with E-state index in [0.29, 0.717) is 24.9 Å². The minimum Gasteiger partial charge on any atom is -0.481 e. The third kappa shape index (κ3) is 2.56. The Balaban J connectivity index is 2.17. The molecule has 0 aromatic carbocycles. The summed E-state index contributed by atoms with van der Waals surface area (Å²) in [5.74, 6) is -1.03. The Bertz CT molecular complexity index is 520. The molecule has 5 nitrogen and oxygen atoms in total. The van der Waals surface area contributed by atoms with E-state index in [2.05, 4.69) is 4.98 Å². The number of aliphatic carboxylic acids is 1. The number of pyridine rings is 1. The zero-order chi connectivity index (χ0) is 14.0. The summed E-state index contributed by atoms with van der Waals surface area (Å²) in [4.78, 5) is 29.0. The number of carbonyl (C=O) groups excluding carboxylic acids is 1. The number of hydrogen-bond acceptors (Lipinski definition) is 3. The number of aromatic nitrogens is 1. The Morgan fingerprint density at radius 1 is 1.58 bits per heavy atom. The third-order valence-electron chi connectivity index (χ3n) is 3.74. The van der Waals surface area contributed by atoms with Gasteiger partial charge in [-0.15, -0.1) is 0 Å². The van der Waals surface area contributed by atoms with Gasteiger partial charge in [-0.3, -0.25) is 9.59 Å². The van der Waals surface area contributed by atoms with Crippen molar-refractivity contribution in [3.8, 4) is 0 Å². The van der Waals surface area contributed by atoms with Crippen LogP contribution in [0.2, 0.25) is 5.15 Å². The lowest BCUT2D eigenvalue weighted by Gasteiger charge is -2.23.